The van der Waals surface area contributed by atoms with E-state index in [9.17, 15) is 9.90 Å². The molecule has 0 spiro atoms. The third-order valence-corrected chi connectivity index (χ3v) is 1.34. The quantitative estimate of drug-likeness (QED) is 0.574. The van der Waals surface area contributed by atoms with Crippen molar-refractivity contribution in [2.45, 2.75) is 6.10 Å². The Hall–Kier alpha value is -0.870. The zero-order chi connectivity index (χ0) is 8.27. The number of carboxylic acid groups (broad SMARTS) is 1. The van der Waals surface area contributed by atoms with Gasteiger partial charge in [0, 0.05) is 0 Å². The Labute approximate surface area is 80.4 Å². The van der Waals surface area contributed by atoms with Crippen molar-refractivity contribution in [1.82, 2.24) is 0 Å². The molecular weight excluding hydrogens is 224 g/mol. The van der Waals surface area contributed by atoms with Gasteiger partial charge in [-0.25, -0.2) is 0 Å². The largest absolute Gasteiger partial charge is 1.00 e. The van der Waals surface area contributed by atoms with Gasteiger partial charge in [0.2, 0.25) is 0 Å². The van der Waals surface area contributed by atoms with Crippen LogP contribution in [-0.4, -0.2) is 11.1 Å². The smallest absolute Gasteiger partial charge is 0.118 e. The summed E-state index contributed by atoms with van der Waals surface area (Å²) >= 11 is 0. The number of carboxylic acids is 1. The second-order valence-corrected chi connectivity index (χ2v) is 2.13. The van der Waals surface area contributed by atoms with Crippen molar-refractivity contribution in [1.29, 1.82) is 0 Å². The van der Waals surface area contributed by atoms with Crippen molar-refractivity contribution in [2.75, 3.05) is 0 Å². The molecule has 0 heterocycles. The molecule has 0 aliphatic rings. The summed E-state index contributed by atoms with van der Waals surface area (Å²) in [6.45, 7) is 0. The molecule has 0 saturated carbocycles. The van der Waals surface area contributed by atoms with Crippen LogP contribution in [-0.2, 0) is 4.79 Å². The van der Waals surface area contributed by atoms with Gasteiger partial charge in [-0.2, -0.15) is 0 Å². The first-order valence-corrected chi connectivity index (χ1v) is 3.15. The molecular formula is C8H7BrO3-2. The highest BCUT2D eigenvalue weighted by Gasteiger charge is 2.05. The molecule has 0 aromatic heterocycles. The minimum Gasteiger partial charge on any atom is -1.00 e. The van der Waals surface area contributed by atoms with Gasteiger partial charge in [0.25, 0.3) is 0 Å². The van der Waals surface area contributed by atoms with Crippen LogP contribution in [0, 0.1) is 0 Å². The zero-order valence-electron chi connectivity index (χ0n) is 6.11. The van der Waals surface area contributed by atoms with E-state index in [4.69, 9.17) is 5.11 Å². The molecule has 0 radical (unpaired) electrons. The van der Waals surface area contributed by atoms with Crippen LogP contribution in [0.3, 0.4) is 0 Å². The van der Waals surface area contributed by atoms with Crippen LogP contribution in [0.4, 0.5) is 0 Å². The first kappa shape index (κ1) is 11.1. The van der Waals surface area contributed by atoms with Gasteiger partial charge in [-0.05, 0) is 5.56 Å². The number of rotatable bonds is 2. The molecule has 0 aliphatic heterocycles. The van der Waals surface area contributed by atoms with Gasteiger partial charge in [0.05, 0.1) is 5.97 Å². The average molecular weight is 231 g/mol. The highest BCUT2D eigenvalue weighted by molar-refractivity contribution is 5.71. The molecule has 12 heavy (non-hydrogen) atoms. The number of carbonyl (C=O) groups excluding carboxylic acids is 1. The van der Waals surface area contributed by atoms with E-state index in [1.54, 1.807) is 18.2 Å². The maximum Gasteiger partial charge on any atom is 0.118 e. The molecule has 1 unspecified atom stereocenters. The number of hydrogen-bond donors (Lipinski definition) is 1. The molecule has 1 atom stereocenters. The lowest BCUT2D eigenvalue weighted by molar-refractivity contribution is -0.315. The predicted molar refractivity (Wildman–Crippen MR) is 36.4 cm³/mol. The topological polar surface area (TPSA) is 60.4 Å². The lowest BCUT2D eigenvalue weighted by atomic mass is 10.1. The summed E-state index contributed by atoms with van der Waals surface area (Å²) in [5, 5.41) is 19.1. The molecule has 1 aromatic rings. The summed E-state index contributed by atoms with van der Waals surface area (Å²) in [5.74, 6) is -1.48. The Morgan fingerprint density at radius 3 is 2.25 bits per heavy atom. The van der Waals surface area contributed by atoms with Gasteiger partial charge in [-0.1, -0.05) is 30.3 Å². The van der Waals surface area contributed by atoms with Gasteiger partial charge >= 0.3 is 0 Å². The van der Waals surface area contributed by atoms with Crippen molar-refractivity contribution in [3.63, 3.8) is 0 Å². The van der Waals surface area contributed by atoms with Crippen LogP contribution in [0.2, 0.25) is 0 Å². The molecule has 0 amide bonds. The van der Waals surface area contributed by atoms with Crippen LogP contribution in [0.15, 0.2) is 30.3 Å². The second-order valence-electron chi connectivity index (χ2n) is 2.13. The standard InChI is InChI=1S/C8H8O3.BrH/c9-7(8(10)11)6-4-2-1-3-5-6;/h1-5,7,9H,(H,10,11);1H/p-2. The molecule has 66 valence electrons. The Morgan fingerprint density at radius 1 is 1.33 bits per heavy atom. The van der Waals surface area contributed by atoms with Gasteiger partial charge in [0.1, 0.15) is 6.10 Å². The van der Waals surface area contributed by atoms with Crippen molar-refractivity contribution in [3.05, 3.63) is 35.9 Å². The predicted octanol–water partition coefficient (Wildman–Crippen LogP) is -3.53. The number of benzene rings is 1. The van der Waals surface area contributed by atoms with Crippen LogP contribution < -0.4 is 22.1 Å². The van der Waals surface area contributed by atoms with Crippen LogP contribution in [0.5, 0.6) is 0 Å². The van der Waals surface area contributed by atoms with Crippen LogP contribution in [0.1, 0.15) is 11.7 Å². The zero-order valence-corrected chi connectivity index (χ0v) is 7.69. The molecule has 0 fully saturated rings. The minimum atomic E-state index is -1.52. The molecule has 1 aromatic carbocycles. The molecule has 0 aliphatic carbocycles. The van der Waals surface area contributed by atoms with E-state index >= 15 is 0 Å². The summed E-state index contributed by atoms with van der Waals surface area (Å²) in [5.41, 5.74) is 0.340. The third-order valence-electron chi connectivity index (χ3n) is 1.34. The second kappa shape index (κ2) is 4.90. The number of halogens is 1. The SMILES string of the molecule is O=C([O-])C(O)c1ccccc1.[Br-]. The van der Waals surface area contributed by atoms with E-state index in [-0.39, 0.29) is 17.0 Å². The number of aliphatic carboxylic acids is 1. The highest BCUT2D eigenvalue weighted by Crippen LogP contribution is 2.09. The number of carbonyl (C=O) groups is 1. The molecule has 0 saturated heterocycles. The van der Waals surface area contributed by atoms with E-state index in [0.717, 1.165) is 0 Å². The van der Waals surface area contributed by atoms with E-state index in [1.165, 1.54) is 12.1 Å². The molecule has 4 heteroatoms. The van der Waals surface area contributed by atoms with Crippen molar-refractivity contribution >= 4 is 5.97 Å². The van der Waals surface area contributed by atoms with Crippen molar-refractivity contribution < 1.29 is 32.0 Å². The fourth-order valence-electron chi connectivity index (χ4n) is 0.771. The first-order chi connectivity index (χ1) is 5.22. The fourth-order valence-corrected chi connectivity index (χ4v) is 0.771. The average Bonchev–Trinajstić information content (AvgIpc) is 2.05. The summed E-state index contributed by atoms with van der Waals surface area (Å²) in [6.07, 6.45) is -1.52. The van der Waals surface area contributed by atoms with Crippen molar-refractivity contribution in [3.8, 4) is 0 Å². The minimum absolute atomic E-state index is 0. The van der Waals surface area contributed by atoms with Crippen LogP contribution in [0.25, 0.3) is 0 Å². The van der Waals surface area contributed by atoms with Gasteiger partial charge in [0.15, 0.2) is 0 Å². The number of aliphatic hydroxyl groups excluding tert-OH is 1. The van der Waals surface area contributed by atoms with Crippen LogP contribution >= 0.6 is 0 Å². The maximum absolute atomic E-state index is 10.1. The molecule has 0 bridgehead atoms. The van der Waals surface area contributed by atoms with Gasteiger partial charge in [-0.15, -0.1) is 0 Å². The molecule has 3 nitrogen and oxygen atoms in total. The van der Waals surface area contributed by atoms with Gasteiger partial charge < -0.3 is 32.0 Å². The highest BCUT2D eigenvalue weighted by atomic mass is 79.9. The van der Waals surface area contributed by atoms with E-state index < -0.39 is 12.1 Å². The maximum atomic E-state index is 10.1. The summed E-state index contributed by atoms with van der Waals surface area (Å²) in [4.78, 5) is 10.1. The Kier molecular flexibility index (Phi) is 4.54. The summed E-state index contributed by atoms with van der Waals surface area (Å²) in [7, 11) is 0. The Balaban J connectivity index is 0.00000121. The number of hydrogen-bond acceptors (Lipinski definition) is 3. The lowest BCUT2D eigenvalue weighted by Crippen LogP contribution is -3.00. The first-order valence-electron chi connectivity index (χ1n) is 3.15. The normalized spacial score (nSPS) is 11.4. The van der Waals surface area contributed by atoms with Crippen molar-refractivity contribution in [2.24, 2.45) is 0 Å². The molecule has 1 rings (SSSR count). The van der Waals surface area contributed by atoms with E-state index in [0.29, 0.717) is 5.56 Å². The summed E-state index contributed by atoms with van der Waals surface area (Å²) < 4.78 is 0. The number of aliphatic hydroxyl groups is 1. The fraction of sp³-hybridized carbons (Fsp3) is 0.125. The Bertz CT molecular complexity index is 248. The van der Waals surface area contributed by atoms with E-state index in [1.807, 2.05) is 0 Å². The molecule has 1 N–H and O–H groups in total. The third kappa shape index (κ3) is 2.64. The summed E-state index contributed by atoms with van der Waals surface area (Å²) in [6, 6.07) is 8.11. The van der Waals surface area contributed by atoms with Gasteiger partial charge in [-0.3, -0.25) is 0 Å². The monoisotopic (exact) mass is 230 g/mol. The van der Waals surface area contributed by atoms with E-state index in [2.05, 4.69) is 0 Å². The Morgan fingerprint density at radius 2 is 1.83 bits per heavy atom. The lowest BCUT2D eigenvalue weighted by Gasteiger charge is -2.10.